The van der Waals surface area contributed by atoms with Gasteiger partial charge in [-0.05, 0) is 18.3 Å². The van der Waals surface area contributed by atoms with Gasteiger partial charge in [-0.1, -0.05) is 51.1 Å². The van der Waals surface area contributed by atoms with Crippen LogP contribution in [0.1, 0.15) is 33.6 Å². The Kier molecular flexibility index (Phi) is 6.70. The first kappa shape index (κ1) is 19.1. The summed E-state index contributed by atoms with van der Waals surface area (Å²) in [4.78, 5) is 28.1. The highest BCUT2D eigenvalue weighted by molar-refractivity contribution is 7.14. The fraction of sp³-hybridized carbons (Fsp3) is 0.421. The largest absolute Gasteiger partial charge is 0.481 e. The fourth-order valence-corrected chi connectivity index (χ4v) is 3.50. The monoisotopic (exact) mass is 360 g/mol. The van der Waals surface area contributed by atoms with Crippen molar-refractivity contribution in [3.05, 3.63) is 35.7 Å². The van der Waals surface area contributed by atoms with Crippen LogP contribution in [0.4, 0.5) is 5.13 Å². The first-order valence-electron chi connectivity index (χ1n) is 8.40. The van der Waals surface area contributed by atoms with E-state index in [-0.39, 0.29) is 24.2 Å². The summed E-state index contributed by atoms with van der Waals surface area (Å²) in [7, 11) is 0. The van der Waals surface area contributed by atoms with E-state index in [1.165, 1.54) is 11.3 Å². The highest BCUT2D eigenvalue weighted by atomic mass is 32.1. The number of amides is 1. The van der Waals surface area contributed by atoms with Crippen molar-refractivity contribution in [1.29, 1.82) is 0 Å². The molecule has 5 nitrogen and oxygen atoms in total. The van der Waals surface area contributed by atoms with Crippen molar-refractivity contribution in [2.24, 2.45) is 17.8 Å². The Morgan fingerprint density at radius 1 is 1.20 bits per heavy atom. The summed E-state index contributed by atoms with van der Waals surface area (Å²) in [6.07, 6.45) is 0.739. The van der Waals surface area contributed by atoms with E-state index < -0.39 is 11.9 Å². The van der Waals surface area contributed by atoms with Crippen LogP contribution in [0.2, 0.25) is 0 Å². The minimum Gasteiger partial charge on any atom is -0.481 e. The first-order valence-corrected chi connectivity index (χ1v) is 9.28. The molecule has 0 saturated carbocycles. The number of carboxylic acids is 1. The van der Waals surface area contributed by atoms with E-state index in [9.17, 15) is 14.7 Å². The Hall–Kier alpha value is -2.21. The van der Waals surface area contributed by atoms with E-state index in [4.69, 9.17) is 0 Å². The van der Waals surface area contributed by atoms with Crippen LogP contribution in [-0.2, 0) is 9.59 Å². The summed E-state index contributed by atoms with van der Waals surface area (Å²) in [6, 6.07) is 9.75. The highest BCUT2D eigenvalue weighted by Crippen LogP contribution is 2.26. The van der Waals surface area contributed by atoms with Gasteiger partial charge in [0.2, 0.25) is 5.91 Å². The molecule has 0 spiro atoms. The van der Waals surface area contributed by atoms with Crippen molar-refractivity contribution in [1.82, 2.24) is 4.98 Å². The minimum absolute atomic E-state index is 0.171. The molecule has 2 atom stereocenters. The summed E-state index contributed by atoms with van der Waals surface area (Å²) < 4.78 is 0. The lowest BCUT2D eigenvalue weighted by Gasteiger charge is -2.21. The number of carboxylic acid groups (broad SMARTS) is 1. The maximum Gasteiger partial charge on any atom is 0.306 e. The molecule has 0 unspecified atom stereocenters. The second-order valence-electron chi connectivity index (χ2n) is 6.71. The molecule has 0 aliphatic heterocycles. The molecular formula is C19H24N2O3S. The van der Waals surface area contributed by atoms with Crippen LogP contribution in [0.5, 0.6) is 0 Å². The Bertz CT molecular complexity index is 712. The van der Waals surface area contributed by atoms with Crippen LogP contribution in [0, 0.1) is 17.8 Å². The van der Waals surface area contributed by atoms with E-state index in [1.54, 1.807) is 0 Å². The van der Waals surface area contributed by atoms with Crippen LogP contribution in [0.15, 0.2) is 35.7 Å². The quantitative estimate of drug-likeness (QED) is 0.725. The Balaban J connectivity index is 1.96. The Morgan fingerprint density at radius 2 is 1.88 bits per heavy atom. The molecule has 0 radical (unpaired) electrons. The highest BCUT2D eigenvalue weighted by Gasteiger charge is 2.27. The predicted molar refractivity (Wildman–Crippen MR) is 101 cm³/mol. The number of nitrogens with one attached hydrogen (secondary N) is 1. The van der Waals surface area contributed by atoms with Gasteiger partial charge in [0.05, 0.1) is 11.6 Å². The molecule has 134 valence electrons. The summed E-state index contributed by atoms with van der Waals surface area (Å²) in [5, 5.41) is 14.6. The molecule has 2 N–H and O–H groups in total. The third-order valence-corrected chi connectivity index (χ3v) is 4.81. The van der Waals surface area contributed by atoms with Gasteiger partial charge in [-0.3, -0.25) is 9.59 Å². The van der Waals surface area contributed by atoms with Gasteiger partial charge in [-0.2, -0.15) is 0 Å². The number of hydrogen-bond acceptors (Lipinski definition) is 4. The maximum atomic E-state index is 12.2. The summed E-state index contributed by atoms with van der Waals surface area (Å²) in [5.74, 6) is -1.50. The number of carbonyl (C=O) groups is 2. The van der Waals surface area contributed by atoms with Gasteiger partial charge in [0.15, 0.2) is 5.13 Å². The molecule has 0 aliphatic carbocycles. The zero-order valence-electron chi connectivity index (χ0n) is 14.7. The van der Waals surface area contributed by atoms with Crippen LogP contribution < -0.4 is 5.32 Å². The first-order chi connectivity index (χ1) is 11.9. The normalized spacial score (nSPS) is 13.4. The van der Waals surface area contributed by atoms with Crippen LogP contribution in [0.25, 0.3) is 11.3 Å². The van der Waals surface area contributed by atoms with Crippen LogP contribution in [0.3, 0.4) is 0 Å². The molecule has 0 fully saturated rings. The lowest BCUT2D eigenvalue weighted by atomic mass is 9.84. The van der Waals surface area contributed by atoms with E-state index in [0.717, 1.165) is 11.3 Å². The van der Waals surface area contributed by atoms with Crippen molar-refractivity contribution < 1.29 is 14.7 Å². The molecule has 0 saturated heterocycles. The SMILES string of the molecule is CC(C)C[C@H](C(=O)O)[C@H](C)CC(=O)Nc1nc(-c2ccccc2)cs1. The van der Waals surface area contributed by atoms with Crippen molar-refractivity contribution in [3.63, 3.8) is 0 Å². The molecule has 25 heavy (non-hydrogen) atoms. The maximum absolute atomic E-state index is 12.2. The van der Waals surface area contributed by atoms with E-state index in [0.29, 0.717) is 11.6 Å². The molecule has 1 heterocycles. The lowest BCUT2D eigenvalue weighted by molar-refractivity contribution is -0.144. The molecule has 1 aromatic carbocycles. The number of aromatic nitrogens is 1. The van der Waals surface area contributed by atoms with Gasteiger partial charge in [-0.25, -0.2) is 4.98 Å². The molecule has 0 bridgehead atoms. The van der Waals surface area contributed by atoms with Gasteiger partial charge in [0.25, 0.3) is 0 Å². The van der Waals surface area contributed by atoms with Gasteiger partial charge in [-0.15, -0.1) is 11.3 Å². The van der Waals surface area contributed by atoms with E-state index in [1.807, 2.05) is 56.5 Å². The summed E-state index contributed by atoms with van der Waals surface area (Å²) >= 11 is 1.37. The van der Waals surface area contributed by atoms with E-state index >= 15 is 0 Å². The van der Waals surface area contributed by atoms with E-state index in [2.05, 4.69) is 10.3 Å². The molecule has 1 aromatic heterocycles. The number of benzene rings is 1. The Morgan fingerprint density at radius 3 is 2.48 bits per heavy atom. The van der Waals surface area contributed by atoms with Crippen molar-refractivity contribution in [3.8, 4) is 11.3 Å². The number of anilines is 1. The zero-order valence-corrected chi connectivity index (χ0v) is 15.5. The van der Waals surface area contributed by atoms with Gasteiger partial charge in [0.1, 0.15) is 0 Å². The molecule has 6 heteroatoms. The minimum atomic E-state index is -0.838. The van der Waals surface area contributed by atoms with Crippen LogP contribution >= 0.6 is 11.3 Å². The second kappa shape index (κ2) is 8.76. The number of rotatable bonds is 8. The lowest BCUT2D eigenvalue weighted by Crippen LogP contribution is -2.27. The molecular weight excluding hydrogens is 336 g/mol. The van der Waals surface area contributed by atoms with Crippen molar-refractivity contribution in [2.75, 3.05) is 5.32 Å². The molecule has 1 amide bonds. The Labute approximate surface area is 152 Å². The van der Waals surface area contributed by atoms with Gasteiger partial charge < -0.3 is 10.4 Å². The standard InChI is InChI=1S/C19H24N2O3S/c1-12(2)9-15(18(23)24)13(3)10-17(22)21-19-20-16(11-25-19)14-7-5-4-6-8-14/h4-8,11-13,15H,9-10H2,1-3H3,(H,23,24)(H,20,21,22)/t13-,15+/m1/s1. The molecule has 0 aliphatic rings. The number of nitrogens with zero attached hydrogens (tertiary/aromatic N) is 1. The predicted octanol–water partition coefficient (Wildman–Crippen LogP) is 4.52. The van der Waals surface area contributed by atoms with Crippen LogP contribution in [-0.4, -0.2) is 22.0 Å². The third-order valence-electron chi connectivity index (χ3n) is 4.06. The fourth-order valence-electron chi connectivity index (χ4n) is 2.76. The zero-order chi connectivity index (χ0) is 18.4. The number of aliphatic carboxylic acids is 1. The average Bonchev–Trinajstić information content (AvgIpc) is 3.01. The number of carbonyl (C=O) groups excluding carboxylic acids is 1. The second-order valence-corrected chi connectivity index (χ2v) is 7.57. The summed E-state index contributed by atoms with van der Waals surface area (Å²) in [5.41, 5.74) is 1.81. The van der Waals surface area contributed by atoms with Crippen molar-refractivity contribution >= 4 is 28.3 Å². The van der Waals surface area contributed by atoms with Gasteiger partial charge in [0, 0.05) is 17.4 Å². The van der Waals surface area contributed by atoms with Gasteiger partial charge >= 0.3 is 5.97 Å². The third kappa shape index (κ3) is 5.67. The molecule has 2 rings (SSSR count). The average molecular weight is 360 g/mol. The van der Waals surface area contributed by atoms with Crippen molar-refractivity contribution in [2.45, 2.75) is 33.6 Å². The smallest absolute Gasteiger partial charge is 0.306 e. The number of thiazole rings is 1. The topological polar surface area (TPSA) is 79.3 Å². The molecule has 2 aromatic rings. The summed E-state index contributed by atoms with van der Waals surface area (Å²) in [6.45, 7) is 5.80. The number of hydrogen-bond donors (Lipinski definition) is 2.